The molecule has 0 spiro atoms. The summed E-state index contributed by atoms with van der Waals surface area (Å²) in [6, 6.07) is 0. The molecule has 1 aromatic rings. The maximum absolute atomic E-state index is 9.23. The Balaban J connectivity index is 1.74. The molecule has 1 aliphatic rings. The summed E-state index contributed by atoms with van der Waals surface area (Å²) < 4.78 is 5.08. The highest BCUT2D eigenvalue weighted by Gasteiger charge is 2.15. The first-order valence-corrected chi connectivity index (χ1v) is 6.54. The number of rotatable bonds is 5. The van der Waals surface area contributed by atoms with Gasteiger partial charge in [0.05, 0.1) is 12.5 Å². The Morgan fingerprint density at radius 3 is 2.72 bits per heavy atom. The first-order valence-electron chi connectivity index (χ1n) is 6.54. The van der Waals surface area contributed by atoms with Crippen molar-refractivity contribution in [3.8, 4) is 0 Å². The zero-order chi connectivity index (χ0) is 13.0. The maximum Gasteiger partial charge on any atom is 0.229 e. The molecule has 1 atom stereocenters. The molecule has 102 valence electrons. The predicted octanol–water partition coefficient (Wildman–Crippen LogP) is -0.217. The predicted molar refractivity (Wildman–Crippen MR) is 67.3 cm³/mol. The van der Waals surface area contributed by atoms with E-state index >= 15 is 0 Å². The highest BCUT2D eigenvalue weighted by atomic mass is 16.5. The quantitative estimate of drug-likeness (QED) is 0.784. The molecule has 0 bridgehead atoms. The minimum atomic E-state index is -0.434. The monoisotopic (exact) mass is 254 g/mol. The molecule has 0 aromatic carbocycles. The smallest absolute Gasteiger partial charge is 0.229 e. The molecule has 18 heavy (non-hydrogen) atoms. The number of aromatic nitrogens is 2. The highest BCUT2D eigenvalue weighted by molar-refractivity contribution is 4.89. The van der Waals surface area contributed by atoms with Gasteiger partial charge in [0, 0.05) is 39.1 Å². The fraction of sp³-hybridized carbons (Fsp3) is 0.833. The van der Waals surface area contributed by atoms with E-state index in [0.717, 1.165) is 45.0 Å². The molecule has 6 nitrogen and oxygen atoms in total. The van der Waals surface area contributed by atoms with Crippen LogP contribution >= 0.6 is 0 Å². The fourth-order valence-electron chi connectivity index (χ4n) is 2.06. The van der Waals surface area contributed by atoms with Crippen LogP contribution in [0.25, 0.3) is 0 Å². The number of aliphatic hydroxyl groups is 1. The molecule has 0 radical (unpaired) electrons. The lowest BCUT2D eigenvalue weighted by atomic mass is 10.3. The van der Waals surface area contributed by atoms with E-state index in [4.69, 9.17) is 4.52 Å². The van der Waals surface area contributed by atoms with E-state index in [0.29, 0.717) is 12.3 Å². The Morgan fingerprint density at radius 1 is 1.33 bits per heavy atom. The molecule has 0 saturated carbocycles. The van der Waals surface area contributed by atoms with Gasteiger partial charge in [-0.3, -0.25) is 0 Å². The van der Waals surface area contributed by atoms with Gasteiger partial charge >= 0.3 is 0 Å². The molecular formula is C12H22N4O2. The average Bonchev–Trinajstić information content (AvgIpc) is 2.75. The third kappa shape index (κ3) is 4.04. The molecule has 1 aromatic heterocycles. The topological polar surface area (TPSA) is 65.6 Å². The van der Waals surface area contributed by atoms with E-state index in [1.165, 1.54) is 0 Å². The van der Waals surface area contributed by atoms with Gasteiger partial charge in [-0.15, -0.1) is 0 Å². The third-order valence-corrected chi connectivity index (χ3v) is 3.23. The van der Waals surface area contributed by atoms with Crippen molar-refractivity contribution >= 4 is 0 Å². The first-order chi connectivity index (χ1) is 8.63. The number of hydrogen-bond donors (Lipinski definition) is 1. The summed E-state index contributed by atoms with van der Waals surface area (Å²) in [5, 5.41) is 13.2. The molecule has 2 rings (SSSR count). The number of nitrogens with zero attached hydrogens (tertiary/aromatic N) is 4. The second kappa shape index (κ2) is 6.26. The number of hydrogen-bond acceptors (Lipinski definition) is 6. The number of piperazine rings is 1. The Morgan fingerprint density at radius 2 is 2.06 bits per heavy atom. The van der Waals surface area contributed by atoms with E-state index < -0.39 is 6.10 Å². The van der Waals surface area contributed by atoms with Crippen LogP contribution in [0.15, 0.2) is 4.52 Å². The molecule has 6 heteroatoms. The van der Waals surface area contributed by atoms with E-state index in [-0.39, 0.29) is 0 Å². The molecule has 0 aliphatic carbocycles. The van der Waals surface area contributed by atoms with E-state index in [1.807, 2.05) is 0 Å². The van der Waals surface area contributed by atoms with Crippen molar-refractivity contribution in [3.05, 3.63) is 11.7 Å². The van der Waals surface area contributed by atoms with Crippen molar-refractivity contribution in [1.29, 1.82) is 0 Å². The largest absolute Gasteiger partial charge is 0.393 e. The molecule has 1 N–H and O–H groups in total. The average molecular weight is 254 g/mol. The van der Waals surface area contributed by atoms with E-state index in [1.54, 1.807) is 6.92 Å². The van der Waals surface area contributed by atoms with Gasteiger partial charge in [-0.1, -0.05) is 5.16 Å². The molecule has 0 amide bonds. The van der Waals surface area contributed by atoms with Crippen molar-refractivity contribution < 1.29 is 9.63 Å². The van der Waals surface area contributed by atoms with Crippen LogP contribution in [0.1, 0.15) is 18.6 Å². The maximum atomic E-state index is 9.23. The van der Waals surface area contributed by atoms with Crippen LogP contribution in [-0.2, 0) is 12.8 Å². The summed E-state index contributed by atoms with van der Waals surface area (Å²) in [6.45, 7) is 7.15. The van der Waals surface area contributed by atoms with E-state index in [2.05, 4.69) is 27.0 Å². The highest BCUT2D eigenvalue weighted by Crippen LogP contribution is 2.04. The van der Waals surface area contributed by atoms with Gasteiger partial charge in [0.25, 0.3) is 0 Å². The van der Waals surface area contributed by atoms with Gasteiger partial charge in [-0.25, -0.2) is 0 Å². The summed E-state index contributed by atoms with van der Waals surface area (Å²) in [5.74, 6) is 1.27. The minimum absolute atomic E-state index is 0.432. The summed E-state index contributed by atoms with van der Waals surface area (Å²) in [6.07, 6.45) is 0.810. The second-order valence-electron chi connectivity index (χ2n) is 5.05. The lowest BCUT2D eigenvalue weighted by molar-refractivity contribution is 0.154. The molecule has 1 aliphatic heterocycles. The van der Waals surface area contributed by atoms with Crippen molar-refractivity contribution in [2.75, 3.05) is 39.8 Å². The third-order valence-electron chi connectivity index (χ3n) is 3.23. The van der Waals surface area contributed by atoms with Crippen LogP contribution in [0.5, 0.6) is 0 Å². The zero-order valence-corrected chi connectivity index (χ0v) is 11.2. The Labute approximate surface area is 108 Å². The molecule has 1 saturated heterocycles. The Bertz CT molecular complexity index is 359. The van der Waals surface area contributed by atoms with Gasteiger partial charge in [0.1, 0.15) is 0 Å². The normalized spacial score (nSPS) is 20.2. The van der Waals surface area contributed by atoms with Gasteiger partial charge in [-0.2, -0.15) is 4.98 Å². The van der Waals surface area contributed by atoms with Crippen LogP contribution in [-0.4, -0.2) is 70.9 Å². The van der Waals surface area contributed by atoms with Crippen molar-refractivity contribution in [1.82, 2.24) is 19.9 Å². The molecule has 2 heterocycles. The van der Waals surface area contributed by atoms with Gasteiger partial charge < -0.3 is 19.4 Å². The van der Waals surface area contributed by atoms with Crippen LogP contribution in [0.3, 0.4) is 0 Å². The second-order valence-corrected chi connectivity index (χ2v) is 5.05. The van der Waals surface area contributed by atoms with Crippen LogP contribution in [0, 0.1) is 0 Å². The summed E-state index contributed by atoms with van der Waals surface area (Å²) in [5.41, 5.74) is 0. The SMILES string of the molecule is CC(O)Cc1nc(CCN2CCN(C)CC2)no1. The van der Waals surface area contributed by atoms with Crippen molar-refractivity contribution in [2.45, 2.75) is 25.9 Å². The first kappa shape index (κ1) is 13.5. The fourth-order valence-corrected chi connectivity index (χ4v) is 2.06. The molecular weight excluding hydrogens is 232 g/mol. The zero-order valence-electron chi connectivity index (χ0n) is 11.2. The van der Waals surface area contributed by atoms with Crippen LogP contribution < -0.4 is 0 Å². The van der Waals surface area contributed by atoms with Gasteiger partial charge in [0.2, 0.25) is 5.89 Å². The minimum Gasteiger partial charge on any atom is -0.393 e. The standard InChI is InChI=1S/C12H22N4O2/c1-10(17)9-12-13-11(14-18-12)3-4-16-7-5-15(2)6-8-16/h10,17H,3-9H2,1-2H3. The number of likely N-dealkylation sites (N-methyl/N-ethyl adjacent to an activating group) is 1. The lowest BCUT2D eigenvalue weighted by Crippen LogP contribution is -2.45. The van der Waals surface area contributed by atoms with Gasteiger partial charge in [-0.05, 0) is 14.0 Å². The van der Waals surface area contributed by atoms with Crippen LogP contribution in [0.4, 0.5) is 0 Å². The summed E-state index contributed by atoms with van der Waals surface area (Å²) in [7, 11) is 2.15. The van der Waals surface area contributed by atoms with Crippen molar-refractivity contribution in [3.63, 3.8) is 0 Å². The summed E-state index contributed by atoms with van der Waals surface area (Å²) in [4.78, 5) is 9.04. The Hall–Kier alpha value is -0.980. The van der Waals surface area contributed by atoms with Crippen molar-refractivity contribution in [2.24, 2.45) is 0 Å². The summed E-state index contributed by atoms with van der Waals surface area (Å²) >= 11 is 0. The van der Waals surface area contributed by atoms with E-state index in [9.17, 15) is 5.11 Å². The van der Waals surface area contributed by atoms with Crippen LogP contribution in [0.2, 0.25) is 0 Å². The number of aliphatic hydroxyl groups excluding tert-OH is 1. The molecule has 1 unspecified atom stereocenters. The lowest BCUT2D eigenvalue weighted by Gasteiger charge is -2.31. The molecule has 1 fully saturated rings. The Kier molecular flexibility index (Phi) is 4.68. The van der Waals surface area contributed by atoms with Gasteiger partial charge in [0.15, 0.2) is 5.82 Å².